The molecule has 1 atom stereocenters. The van der Waals surface area contributed by atoms with Crippen LogP contribution in [0.15, 0.2) is 48.5 Å². The number of nitrogens with zero attached hydrogens (tertiary/aromatic N) is 1. The van der Waals surface area contributed by atoms with Crippen LogP contribution in [-0.4, -0.2) is 5.11 Å². The molecule has 0 bridgehead atoms. The molecule has 0 aromatic heterocycles. The number of nitriles is 1. The molecular weight excluding hydrogens is 217 g/mol. The number of benzene rings is 2. The second-order valence-corrected chi connectivity index (χ2v) is 3.69. The van der Waals surface area contributed by atoms with Crippen molar-refractivity contribution in [3.63, 3.8) is 0 Å². The van der Waals surface area contributed by atoms with Crippen LogP contribution in [-0.2, 0) is 0 Å². The van der Waals surface area contributed by atoms with Crippen LogP contribution in [0.1, 0.15) is 22.8 Å². The highest BCUT2D eigenvalue weighted by molar-refractivity contribution is 5.36. The lowest BCUT2D eigenvalue weighted by molar-refractivity contribution is 0.220. The molecule has 1 N–H and O–H groups in total. The van der Waals surface area contributed by atoms with Gasteiger partial charge < -0.3 is 5.11 Å². The second kappa shape index (κ2) is 4.77. The maximum atomic E-state index is 13.0. The van der Waals surface area contributed by atoms with Gasteiger partial charge in [0, 0.05) is 0 Å². The minimum Gasteiger partial charge on any atom is -0.384 e. The van der Waals surface area contributed by atoms with Gasteiger partial charge in [-0.25, -0.2) is 4.39 Å². The molecule has 0 amide bonds. The lowest BCUT2D eigenvalue weighted by Crippen LogP contribution is -1.99. The van der Waals surface area contributed by atoms with Gasteiger partial charge in [-0.15, -0.1) is 0 Å². The highest BCUT2D eigenvalue weighted by Gasteiger charge is 2.10. The summed E-state index contributed by atoms with van der Waals surface area (Å²) in [6, 6.07) is 14.4. The van der Waals surface area contributed by atoms with Crippen molar-refractivity contribution >= 4 is 0 Å². The van der Waals surface area contributed by atoms with Crippen LogP contribution in [0.3, 0.4) is 0 Å². The van der Waals surface area contributed by atoms with Crippen molar-refractivity contribution in [2.75, 3.05) is 0 Å². The highest BCUT2D eigenvalue weighted by atomic mass is 19.1. The Bertz CT molecular complexity index is 557. The Labute approximate surface area is 98.6 Å². The third-order valence-corrected chi connectivity index (χ3v) is 2.52. The minimum absolute atomic E-state index is 0.379. The second-order valence-electron chi connectivity index (χ2n) is 3.69. The van der Waals surface area contributed by atoms with Gasteiger partial charge in [-0.2, -0.15) is 5.26 Å². The summed E-state index contributed by atoms with van der Waals surface area (Å²) in [5.74, 6) is -0.379. The number of aliphatic hydroxyl groups is 1. The largest absolute Gasteiger partial charge is 0.384 e. The van der Waals surface area contributed by atoms with E-state index in [0.717, 1.165) is 0 Å². The number of rotatable bonds is 2. The Morgan fingerprint density at radius 1 is 1.06 bits per heavy atom. The smallest absolute Gasteiger partial charge is 0.123 e. The predicted octanol–water partition coefficient (Wildman–Crippen LogP) is 2.78. The van der Waals surface area contributed by atoms with Crippen LogP contribution >= 0.6 is 0 Å². The van der Waals surface area contributed by atoms with E-state index in [4.69, 9.17) is 5.26 Å². The van der Waals surface area contributed by atoms with E-state index in [2.05, 4.69) is 0 Å². The van der Waals surface area contributed by atoms with Crippen LogP contribution < -0.4 is 0 Å². The molecule has 17 heavy (non-hydrogen) atoms. The summed E-state index contributed by atoms with van der Waals surface area (Å²) in [4.78, 5) is 0. The molecule has 0 heterocycles. The van der Waals surface area contributed by atoms with E-state index in [0.29, 0.717) is 16.7 Å². The Morgan fingerprint density at radius 2 is 1.76 bits per heavy atom. The average Bonchev–Trinajstić information content (AvgIpc) is 2.38. The first-order valence-corrected chi connectivity index (χ1v) is 5.14. The molecule has 2 rings (SSSR count). The van der Waals surface area contributed by atoms with Gasteiger partial charge in [0.2, 0.25) is 0 Å². The number of halogens is 1. The lowest BCUT2D eigenvalue weighted by atomic mass is 10.0. The molecule has 0 fully saturated rings. The van der Waals surface area contributed by atoms with Crippen LogP contribution in [0, 0.1) is 17.1 Å². The van der Waals surface area contributed by atoms with Crippen LogP contribution in [0.4, 0.5) is 4.39 Å². The van der Waals surface area contributed by atoms with Crippen molar-refractivity contribution in [3.05, 3.63) is 71.0 Å². The van der Waals surface area contributed by atoms with E-state index in [-0.39, 0.29) is 5.82 Å². The number of aliphatic hydroxyl groups excluding tert-OH is 1. The summed E-state index contributed by atoms with van der Waals surface area (Å²) in [7, 11) is 0. The number of hydrogen-bond donors (Lipinski definition) is 1. The Hall–Kier alpha value is -2.18. The van der Waals surface area contributed by atoms with Gasteiger partial charge >= 0.3 is 0 Å². The number of hydrogen-bond acceptors (Lipinski definition) is 2. The molecule has 2 nitrogen and oxygen atoms in total. The van der Waals surface area contributed by atoms with Gasteiger partial charge in [0.05, 0.1) is 11.6 Å². The summed E-state index contributed by atoms with van der Waals surface area (Å²) in [5, 5.41) is 18.7. The van der Waals surface area contributed by atoms with Crippen LogP contribution in [0.5, 0.6) is 0 Å². The summed E-state index contributed by atoms with van der Waals surface area (Å²) in [6.45, 7) is 0. The molecule has 0 spiro atoms. The quantitative estimate of drug-likeness (QED) is 0.857. The third kappa shape index (κ3) is 2.49. The molecule has 0 aliphatic rings. The molecule has 2 aromatic carbocycles. The summed E-state index contributed by atoms with van der Waals surface area (Å²) >= 11 is 0. The third-order valence-electron chi connectivity index (χ3n) is 2.52. The van der Waals surface area contributed by atoms with Gasteiger partial charge in [0.15, 0.2) is 0 Å². The standard InChI is InChI=1S/C14H10FNO/c15-13-3-1-2-12(8-13)14(17)11-6-4-10(9-16)5-7-11/h1-8,14,17H. The summed E-state index contributed by atoms with van der Waals surface area (Å²) in [5.41, 5.74) is 1.66. The van der Waals surface area contributed by atoms with Gasteiger partial charge in [0.25, 0.3) is 0 Å². The topological polar surface area (TPSA) is 44.0 Å². The maximum absolute atomic E-state index is 13.0. The molecular formula is C14H10FNO. The fourth-order valence-electron chi connectivity index (χ4n) is 1.61. The Balaban J connectivity index is 2.30. The monoisotopic (exact) mass is 227 g/mol. The first-order valence-electron chi connectivity index (χ1n) is 5.14. The maximum Gasteiger partial charge on any atom is 0.123 e. The van der Waals surface area contributed by atoms with E-state index in [1.807, 2.05) is 6.07 Å². The van der Waals surface area contributed by atoms with Crippen molar-refractivity contribution in [3.8, 4) is 6.07 Å². The van der Waals surface area contributed by atoms with Gasteiger partial charge in [-0.3, -0.25) is 0 Å². The van der Waals surface area contributed by atoms with Crippen molar-refractivity contribution in [2.24, 2.45) is 0 Å². The zero-order valence-corrected chi connectivity index (χ0v) is 8.97. The van der Waals surface area contributed by atoms with Gasteiger partial charge in [0.1, 0.15) is 11.9 Å². The van der Waals surface area contributed by atoms with E-state index >= 15 is 0 Å². The van der Waals surface area contributed by atoms with Crippen molar-refractivity contribution in [1.82, 2.24) is 0 Å². The predicted molar refractivity (Wildman–Crippen MR) is 61.6 cm³/mol. The van der Waals surface area contributed by atoms with Crippen molar-refractivity contribution in [2.45, 2.75) is 6.10 Å². The van der Waals surface area contributed by atoms with Crippen molar-refractivity contribution in [1.29, 1.82) is 5.26 Å². The molecule has 1 unspecified atom stereocenters. The Kier molecular flexibility index (Phi) is 3.17. The fraction of sp³-hybridized carbons (Fsp3) is 0.0714. The van der Waals surface area contributed by atoms with Crippen LogP contribution in [0.2, 0.25) is 0 Å². The molecule has 2 aromatic rings. The van der Waals surface area contributed by atoms with Gasteiger partial charge in [-0.05, 0) is 35.4 Å². The molecule has 0 aliphatic heterocycles. The molecule has 0 aliphatic carbocycles. The normalized spacial score (nSPS) is 11.8. The first-order chi connectivity index (χ1) is 8.20. The molecule has 0 saturated heterocycles. The SMILES string of the molecule is N#Cc1ccc(C(O)c2cccc(F)c2)cc1. The zero-order valence-electron chi connectivity index (χ0n) is 8.97. The molecule has 0 saturated carbocycles. The summed E-state index contributed by atoms with van der Waals surface area (Å²) < 4.78 is 13.0. The van der Waals surface area contributed by atoms with Gasteiger partial charge in [-0.1, -0.05) is 24.3 Å². The van der Waals surface area contributed by atoms with Crippen LogP contribution in [0.25, 0.3) is 0 Å². The summed E-state index contributed by atoms with van der Waals surface area (Å²) in [6.07, 6.45) is -0.876. The highest BCUT2D eigenvalue weighted by Crippen LogP contribution is 2.22. The van der Waals surface area contributed by atoms with Crippen molar-refractivity contribution < 1.29 is 9.50 Å². The van der Waals surface area contributed by atoms with E-state index in [1.54, 1.807) is 36.4 Å². The van der Waals surface area contributed by atoms with E-state index in [9.17, 15) is 9.50 Å². The van der Waals surface area contributed by atoms with E-state index in [1.165, 1.54) is 12.1 Å². The van der Waals surface area contributed by atoms with E-state index < -0.39 is 6.10 Å². The fourth-order valence-corrected chi connectivity index (χ4v) is 1.61. The Morgan fingerprint density at radius 3 is 2.35 bits per heavy atom. The zero-order chi connectivity index (χ0) is 12.3. The first kappa shape index (κ1) is 11.3. The average molecular weight is 227 g/mol. The minimum atomic E-state index is -0.876. The lowest BCUT2D eigenvalue weighted by Gasteiger charge is -2.11. The molecule has 84 valence electrons. The molecule has 0 radical (unpaired) electrons. The molecule has 3 heteroatoms.